The van der Waals surface area contributed by atoms with E-state index in [0.29, 0.717) is 60.5 Å². The fourth-order valence-corrected chi connectivity index (χ4v) is 7.83. The lowest BCUT2D eigenvalue weighted by Crippen LogP contribution is -2.51. The molecule has 0 bridgehead atoms. The summed E-state index contributed by atoms with van der Waals surface area (Å²) < 4.78 is 0. The van der Waals surface area contributed by atoms with Crippen LogP contribution in [-0.4, -0.2) is 46.5 Å². The normalized spacial score (nSPS) is 21.8. The highest BCUT2D eigenvalue weighted by Crippen LogP contribution is 2.53. The first-order valence-corrected chi connectivity index (χ1v) is 14.9. The standard InChI is InChI=1S/C33H22N4O4.C2H6/c1-36-30(38)20-9-7-18-25-16(14-35)12-23-27-21(32(40)37(33(23)41)17-5-3-2-4-6-17)10-8-19(29(25)27)24-15(13-34)11-22(31(36)39)26(20)28(18)24;1-2/h7-12,17,20,23H,2-6H2,1H3;1-2H3. The van der Waals surface area contributed by atoms with E-state index in [4.69, 9.17) is 0 Å². The van der Waals surface area contributed by atoms with Gasteiger partial charge >= 0.3 is 0 Å². The number of nitrogens with zero attached hydrogens (tertiary/aromatic N) is 4. The first-order chi connectivity index (χ1) is 20.9. The molecule has 3 aromatic carbocycles. The molecule has 4 amide bonds. The highest BCUT2D eigenvalue weighted by Gasteiger charge is 2.46. The van der Waals surface area contributed by atoms with E-state index >= 15 is 0 Å². The van der Waals surface area contributed by atoms with Crippen LogP contribution in [0.15, 0.2) is 30.4 Å². The van der Waals surface area contributed by atoms with Gasteiger partial charge in [-0.25, -0.2) is 0 Å². The Morgan fingerprint density at radius 2 is 1.53 bits per heavy atom. The van der Waals surface area contributed by atoms with E-state index in [1.807, 2.05) is 13.8 Å². The van der Waals surface area contributed by atoms with Crippen LogP contribution in [0.25, 0.3) is 33.2 Å². The molecule has 0 aromatic heterocycles. The topological polar surface area (TPSA) is 122 Å². The van der Waals surface area contributed by atoms with Crippen LogP contribution in [0.1, 0.15) is 106 Å². The van der Waals surface area contributed by atoms with E-state index in [1.54, 1.807) is 36.4 Å². The van der Waals surface area contributed by atoms with Crippen molar-refractivity contribution in [1.29, 1.82) is 10.5 Å². The molecule has 0 radical (unpaired) electrons. The van der Waals surface area contributed by atoms with Crippen molar-refractivity contribution >= 4 is 56.8 Å². The summed E-state index contributed by atoms with van der Waals surface area (Å²) in [5.41, 5.74) is 3.60. The number of carbonyl (C=O) groups excluding carboxylic acids is 4. The van der Waals surface area contributed by atoms with Gasteiger partial charge in [-0.05, 0) is 63.9 Å². The van der Waals surface area contributed by atoms with E-state index in [9.17, 15) is 29.7 Å². The molecule has 0 spiro atoms. The number of hydrogen-bond donors (Lipinski definition) is 0. The lowest BCUT2D eigenvalue weighted by Gasteiger charge is -2.40. The average Bonchev–Trinajstić information content (AvgIpc) is 3.05. The zero-order valence-corrected chi connectivity index (χ0v) is 24.2. The van der Waals surface area contributed by atoms with Crippen molar-refractivity contribution in [2.45, 2.75) is 63.8 Å². The lowest BCUT2D eigenvalue weighted by atomic mass is 9.70. The molecule has 3 aromatic rings. The molecule has 8 nitrogen and oxygen atoms in total. The quantitative estimate of drug-likeness (QED) is 0.265. The molecule has 0 N–H and O–H groups in total. The number of amides is 4. The summed E-state index contributed by atoms with van der Waals surface area (Å²) >= 11 is 0. The molecule has 2 unspecified atom stereocenters. The monoisotopic (exact) mass is 568 g/mol. The van der Waals surface area contributed by atoms with Crippen LogP contribution in [0.3, 0.4) is 0 Å². The van der Waals surface area contributed by atoms with Gasteiger partial charge in [-0.1, -0.05) is 51.3 Å². The van der Waals surface area contributed by atoms with Crippen molar-refractivity contribution in [2.75, 3.05) is 7.05 Å². The molecule has 2 heterocycles. The first-order valence-electron chi connectivity index (χ1n) is 14.9. The minimum absolute atomic E-state index is 0.157. The molecule has 8 rings (SSSR count). The number of carbonyl (C=O) groups is 4. The van der Waals surface area contributed by atoms with Crippen LogP contribution >= 0.6 is 0 Å². The van der Waals surface area contributed by atoms with Crippen LogP contribution in [0, 0.1) is 22.7 Å². The van der Waals surface area contributed by atoms with Crippen LogP contribution in [0.4, 0.5) is 0 Å². The molecule has 2 atom stereocenters. The van der Waals surface area contributed by atoms with Crippen molar-refractivity contribution in [1.82, 2.24) is 9.80 Å². The van der Waals surface area contributed by atoms with Crippen molar-refractivity contribution < 1.29 is 19.2 Å². The Balaban J connectivity index is 0.00000147. The summed E-state index contributed by atoms with van der Waals surface area (Å²) in [5.74, 6) is -2.95. The summed E-state index contributed by atoms with van der Waals surface area (Å²) in [7, 11) is 1.44. The number of imide groups is 2. The zero-order chi connectivity index (χ0) is 30.3. The van der Waals surface area contributed by atoms with Crippen LogP contribution in [-0.2, 0) is 9.59 Å². The highest BCUT2D eigenvalue weighted by molar-refractivity contribution is 6.28. The fraction of sp³-hybridized carbons (Fsp3) is 0.314. The molecule has 2 aliphatic heterocycles. The predicted octanol–water partition coefficient (Wildman–Crippen LogP) is 5.93. The van der Waals surface area contributed by atoms with Crippen LogP contribution < -0.4 is 0 Å². The second-order valence-electron chi connectivity index (χ2n) is 11.5. The second-order valence-corrected chi connectivity index (χ2v) is 11.5. The van der Waals surface area contributed by atoms with Crippen LogP contribution in [0.2, 0.25) is 0 Å². The maximum atomic E-state index is 14.0. The first kappa shape index (κ1) is 26.8. The molecular formula is C35H28N4O4. The van der Waals surface area contributed by atoms with Crippen molar-refractivity contribution in [3.63, 3.8) is 0 Å². The summed E-state index contributed by atoms with van der Waals surface area (Å²) in [4.78, 5) is 56.8. The lowest BCUT2D eigenvalue weighted by molar-refractivity contribution is -0.132. The third kappa shape index (κ3) is 3.29. The van der Waals surface area contributed by atoms with Gasteiger partial charge in [-0.15, -0.1) is 0 Å². The van der Waals surface area contributed by atoms with Gasteiger partial charge in [0.05, 0.1) is 35.1 Å². The number of fused-ring (bicyclic) bond motifs is 2. The molecule has 8 heteroatoms. The largest absolute Gasteiger partial charge is 0.281 e. The number of benzene rings is 3. The molecule has 1 fully saturated rings. The highest BCUT2D eigenvalue weighted by atomic mass is 16.2. The molecule has 3 aliphatic carbocycles. The van der Waals surface area contributed by atoms with Gasteiger partial charge < -0.3 is 0 Å². The van der Waals surface area contributed by atoms with Gasteiger partial charge in [-0.3, -0.25) is 29.0 Å². The van der Waals surface area contributed by atoms with Gasteiger partial charge in [0.1, 0.15) is 0 Å². The summed E-state index contributed by atoms with van der Waals surface area (Å²) in [5, 5.41) is 23.1. The molecule has 43 heavy (non-hydrogen) atoms. The number of rotatable bonds is 1. The minimum atomic E-state index is -0.791. The molecular weight excluding hydrogens is 540 g/mol. The third-order valence-electron chi connectivity index (χ3n) is 9.62. The minimum Gasteiger partial charge on any atom is -0.281 e. The summed E-state index contributed by atoms with van der Waals surface area (Å²) in [6.07, 6.45) is 9.75. The van der Waals surface area contributed by atoms with E-state index in [2.05, 4.69) is 12.1 Å². The summed E-state index contributed by atoms with van der Waals surface area (Å²) in [6.45, 7) is 4.00. The van der Waals surface area contributed by atoms with Crippen molar-refractivity contribution in [3.05, 3.63) is 69.3 Å². The van der Waals surface area contributed by atoms with Crippen LogP contribution in [0.5, 0.6) is 0 Å². The Bertz CT molecular complexity index is 2020. The number of likely N-dealkylation sites (N-methyl/N-ethyl adjacent to an activating group) is 1. The Kier molecular flexibility index (Phi) is 5.90. The Morgan fingerprint density at radius 3 is 2.23 bits per heavy atom. The van der Waals surface area contributed by atoms with Crippen molar-refractivity contribution in [2.24, 2.45) is 0 Å². The Hall–Kier alpha value is -5.08. The SMILES string of the molecule is CC.CN1C(=O)c2cc(C#N)c3c4c(c5c6c7c(ccc63)C(=O)N(C3CCCCC3)C(=O)C7C=C5C#N)C=CC(C1=O)c24. The number of hydrogen-bond acceptors (Lipinski definition) is 6. The van der Waals surface area contributed by atoms with Crippen molar-refractivity contribution in [3.8, 4) is 12.1 Å². The molecule has 5 aliphatic rings. The fourth-order valence-electron chi connectivity index (χ4n) is 7.83. The van der Waals surface area contributed by atoms with Gasteiger partial charge in [-0.2, -0.15) is 10.5 Å². The number of allylic oxidation sites excluding steroid dienone is 1. The molecule has 212 valence electrons. The van der Waals surface area contributed by atoms with Gasteiger partial charge in [0.15, 0.2) is 0 Å². The average molecular weight is 569 g/mol. The van der Waals surface area contributed by atoms with Gasteiger partial charge in [0.25, 0.3) is 11.8 Å². The smallest absolute Gasteiger partial charge is 0.261 e. The Morgan fingerprint density at radius 1 is 0.814 bits per heavy atom. The molecule has 1 saturated carbocycles. The maximum Gasteiger partial charge on any atom is 0.261 e. The zero-order valence-electron chi connectivity index (χ0n) is 24.2. The second kappa shape index (κ2) is 9.47. The maximum absolute atomic E-state index is 14.0. The van der Waals surface area contributed by atoms with E-state index in [0.717, 1.165) is 37.0 Å². The van der Waals surface area contributed by atoms with Gasteiger partial charge in [0.2, 0.25) is 11.8 Å². The number of nitriles is 2. The predicted molar refractivity (Wildman–Crippen MR) is 161 cm³/mol. The van der Waals surface area contributed by atoms with Gasteiger partial charge in [0, 0.05) is 35.2 Å². The molecule has 0 saturated heterocycles. The Labute approximate surface area is 248 Å². The van der Waals surface area contributed by atoms with E-state index in [1.165, 1.54) is 11.9 Å². The summed E-state index contributed by atoms with van der Waals surface area (Å²) in [6, 6.07) is 9.45. The third-order valence-corrected chi connectivity index (χ3v) is 9.62. The van der Waals surface area contributed by atoms with E-state index in [-0.39, 0.29) is 29.3 Å². The van der Waals surface area contributed by atoms with E-state index < -0.39 is 17.7 Å².